The van der Waals surface area contributed by atoms with Crippen molar-refractivity contribution in [1.82, 2.24) is 4.57 Å². The van der Waals surface area contributed by atoms with Crippen molar-refractivity contribution in [2.45, 2.75) is 44.0 Å². The molecule has 1 fully saturated rings. The van der Waals surface area contributed by atoms with Gasteiger partial charge < -0.3 is 24.3 Å². The Bertz CT molecular complexity index is 1500. The number of alkyl halides is 3. The van der Waals surface area contributed by atoms with Crippen molar-refractivity contribution in [3.05, 3.63) is 75.7 Å². The molecule has 1 saturated heterocycles. The minimum Gasteiger partial charge on any atom is -0.495 e. The van der Waals surface area contributed by atoms with Crippen LogP contribution in [0.1, 0.15) is 42.1 Å². The van der Waals surface area contributed by atoms with Crippen LogP contribution in [0.2, 0.25) is 5.02 Å². The largest absolute Gasteiger partial charge is 0.495 e. The predicted octanol–water partition coefficient (Wildman–Crippen LogP) is 6.04. The molecule has 1 aliphatic rings. The Hall–Kier alpha value is -4.03. The van der Waals surface area contributed by atoms with Crippen LogP contribution in [0.15, 0.2) is 59.5 Å². The molecule has 230 valence electrons. The number of carbonyl (C=O) groups is 2. The molecule has 1 aliphatic heterocycles. The number of nitrogens with one attached hydrogen (secondary N) is 1. The molecule has 43 heavy (non-hydrogen) atoms. The van der Waals surface area contributed by atoms with Crippen molar-refractivity contribution in [2.75, 3.05) is 32.8 Å². The molecule has 9 nitrogen and oxygen atoms in total. The highest BCUT2D eigenvalue weighted by Crippen LogP contribution is 2.38. The zero-order chi connectivity index (χ0) is 31.1. The number of anilines is 1. The predicted molar refractivity (Wildman–Crippen MR) is 153 cm³/mol. The zero-order valence-electron chi connectivity index (χ0n) is 23.4. The van der Waals surface area contributed by atoms with Crippen LogP contribution in [0.25, 0.3) is 11.1 Å². The Balaban J connectivity index is 1.71. The molecule has 0 bridgehead atoms. The molecule has 3 aromatic rings. The number of hydrogen-bond donors (Lipinski definition) is 1. The van der Waals surface area contributed by atoms with Gasteiger partial charge in [0.25, 0.3) is 5.56 Å². The molecule has 2 atom stereocenters. The fourth-order valence-electron chi connectivity index (χ4n) is 4.77. The van der Waals surface area contributed by atoms with Crippen molar-refractivity contribution in [2.24, 2.45) is 0 Å². The first-order valence-electron chi connectivity index (χ1n) is 13.4. The van der Waals surface area contributed by atoms with E-state index in [1.165, 1.54) is 67.4 Å². The number of carbonyl (C=O) groups excluding carboxylic acids is 2. The Morgan fingerprint density at radius 2 is 1.79 bits per heavy atom. The Kier molecular flexibility index (Phi) is 10.4. The number of aromatic nitrogens is 1. The van der Waals surface area contributed by atoms with E-state index in [2.05, 4.69) is 5.32 Å². The standard InChI is InChI=1S/C30H30ClF3N2O7/c1-40-26-16-36(27(37)15-23(26)22-13-19(31)8-11-25(22)43-17-30(32,33)34)24(14-21-5-3-4-12-42-21)28(38)35-20-9-6-18(7-10-20)29(39)41-2/h6-11,13,15-16,21,24H,3-5,12,14,17H2,1-2H3,(H,35,38)/t21-,24?/m0/s1. The van der Waals surface area contributed by atoms with Crippen molar-refractivity contribution in [1.29, 1.82) is 0 Å². The van der Waals surface area contributed by atoms with Crippen molar-refractivity contribution in [3.8, 4) is 22.6 Å². The molecule has 1 aromatic heterocycles. The maximum absolute atomic E-state index is 13.6. The highest BCUT2D eigenvalue weighted by Gasteiger charge is 2.31. The van der Waals surface area contributed by atoms with E-state index in [0.29, 0.717) is 24.3 Å². The molecule has 2 heterocycles. The van der Waals surface area contributed by atoms with Crippen LogP contribution in [0.5, 0.6) is 11.5 Å². The topological polar surface area (TPSA) is 105 Å². The maximum atomic E-state index is 13.6. The lowest BCUT2D eigenvalue weighted by molar-refractivity contribution is -0.153. The molecule has 1 amide bonds. The van der Waals surface area contributed by atoms with E-state index in [4.69, 9.17) is 30.5 Å². The molecule has 0 radical (unpaired) electrons. The highest BCUT2D eigenvalue weighted by atomic mass is 35.5. The van der Waals surface area contributed by atoms with Gasteiger partial charge in [0.1, 0.15) is 17.5 Å². The van der Waals surface area contributed by atoms with E-state index in [9.17, 15) is 27.6 Å². The number of hydrogen-bond acceptors (Lipinski definition) is 7. The number of rotatable bonds is 10. The summed E-state index contributed by atoms with van der Waals surface area (Å²) in [5, 5.41) is 2.98. The number of pyridine rings is 1. The van der Waals surface area contributed by atoms with Gasteiger partial charge in [-0.05, 0) is 61.7 Å². The number of benzene rings is 2. The van der Waals surface area contributed by atoms with Crippen LogP contribution in [-0.2, 0) is 14.3 Å². The summed E-state index contributed by atoms with van der Waals surface area (Å²) in [7, 11) is 2.59. The summed E-state index contributed by atoms with van der Waals surface area (Å²) in [5.74, 6) is -1.11. The minimum absolute atomic E-state index is 0.100. The van der Waals surface area contributed by atoms with Gasteiger partial charge in [0.2, 0.25) is 5.91 Å². The summed E-state index contributed by atoms with van der Waals surface area (Å²) >= 11 is 6.14. The van der Waals surface area contributed by atoms with Gasteiger partial charge in [0, 0.05) is 40.9 Å². The number of amides is 1. The third-order valence-electron chi connectivity index (χ3n) is 6.86. The third kappa shape index (κ3) is 8.29. The normalized spacial score (nSPS) is 15.8. The second kappa shape index (κ2) is 14.0. The maximum Gasteiger partial charge on any atom is 0.422 e. The summed E-state index contributed by atoms with van der Waals surface area (Å²) in [5.41, 5.74) is 0.308. The first-order valence-corrected chi connectivity index (χ1v) is 13.8. The first kappa shape index (κ1) is 31.9. The summed E-state index contributed by atoms with van der Waals surface area (Å²) < 4.78 is 61.0. The average Bonchev–Trinajstić information content (AvgIpc) is 2.99. The second-order valence-corrected chi connectivity index (χ2v) is 10.3. The van der Waals surface area contributed by atoms with Crippen LogP contribution >= 0.6 is 11.6 Å². The molecule has 0 spiro atoms. The lowest BCUT2D eigenvalue weighted by atomic mass is 10.00. The molecular formula is C30H30ClF3N2O7. The number of ether oxygens (including phenoxy) is 4. The third-order valence-corrected chi connectivity index (χ3v) is 7.09. The van der Waals surface area contributed by atoms with Gasteiger partial charge in [-0.1, -0.05) is 11.6 Å². The van der Waals surface area contributed by atoms with Crippen LogP contribution in [0.4, 0.5) is 18.9 Å². The molecule has 1 N–H and O–H groups in total. The van der Waals surface area contributed by atoms with Crippen LogP contribution in [-0.4, -0.2) is 56.2 Å². The number of esters is 1. The molecule has 2 aromatic carbocycles. The van der Waals surface area contributed by atoms with E-state index in [0.717, 1.165) is 18.9 Å². The van der Waals surface area contributed by atoms with E-state index >= 15 is 0 Å². The van der Waals surface area contributed by atoms with Gasteiger partial charge in [-0.2, -0.15) is 13.2 Å². The number of nitrogens with zero attached hydrogens (tertiary/aromatic N) is 1. The van der Waals surface area contributed by atoms with Gasteiger partial charge in [0.05, 0.1) is 32.1 Å². The lowest BCUT2D eigenvalue weighted by Crippen LogP contribution is -2.36. The van der Waals surface area contributed by atoms with Crippen LogP contribution < -0.4 is 20.3 Å². The summed E-state index contributed by atoms with van der Waals surface area (Å²) in [4.78, 5) is 39.0. The van der Waals surface area contributed by atoms with Gasteiger partial charge in [0.15, 0.2) is 6.61 Å². The van der Waals surface area contributed by atoms with Gasteiger partial charge in [-0.3, -0.25) is 14.2 Å². The lowest BCUT2D eigenvalue weighted by Gasteiger charge is -2.28. The van der Waals surface area contributed by atoms with E-state index in [1.54, 1.807) is 0 Å². The van der Waals surface area contributed by atoms with Crippen LogP contribution in [0.3, 0.4) is 0 Å². The quantitative estimate of drug-likeness (QED) is 0.275. The van der Waals surface area contributed by atoms with Crippen LogP contribution in [0, 0.1) is 0 Å². The summed E-state index contributed by atoms with van der Waals surface area (Å²) in [6.07, 6.45) is -0.887. The van der Waals surface area contributed by atoms with Crippen molar-refractivity contribution >= 4 is 29.2 Å². The zero-order valence-corrected chi connectivity index (χ0v) is 24.2. The molecule has 0 aliphatic carbocycles. The molecule has 4 rings (SSSR count). The first-order chi connectivity index (χ1) is 20.5. The second-order valence-electron chi connectivity index (χ2n) is 9.84. The fraction of sp³-hybridized carbons (Fsp3) is 0.367. The van der Waals surface area contributed by atoms with E-state index < -0.39 is 36.3 Å². The van der Waals surface area contributed by atoms with Gasteiger partial charge >= 0.3 is 12.1 Å². The van der Waals surface area contributed by atoms with E-state index in [1.807, 2.05) is 0 Å². The van der Waals surface area contributed by atoms with Gasteiger partial charge in [-0.15, -0.1) is 0 Å². The Morgan fingerprint density at radius 1 is 1.07 bits per heavy atom. The highest BCUT2D eigenvalue weighted by molar-refractivity contribution is 6.31. The van der Waals surface area contributed by atoms with Crippen molar-refractivity contribution in [3.63, 3.8) is 0 Å². The van der Waals surface area contributed by atoms with Crippen molar-refractivity contribution < 1.29 is 41.7 Å². The summed E-state index contributed by atoms with van der Waals surface area (Å²) in [6, 6.07) is 10.2. The fourth-order valence-corrected chi connectivity index (χ4v) is 4.94. The Morgan fingerprint density at radius 3 is 2.42 bits per heavy atom. The SMILES string of the molecule is COC(=O)c1ccc(NC(=O)C(C[C@@H]2CCCCO2)n2cc(OC)c(-c3cc(Cl)ccc3OCC(F)(F)F)cc2=O)cc1. The van der Waals surface area contributed by atoms with E-state index in [-0.39, 0.29) is 40.2 Å². The monoisotopic (exact) mass is 622 g/mol. The summed E-state index contributed by atoms with van der Waals surface area (Å²) in [6.45, 7) is -1.02. The average molecular weight is 623 g/mol. The minimum atomic E-state index is -4.59. The molecule has 0 saturated carbocycles. The molecule has 1 unspecified atom stereocenters. The molecule has 13 heteroatoms. The number of halogens is 4. The Labute approximate surface area is 250 Å². The molecular weight excluding hydrogens is 593 g/mol. The van der Waals surface area contributed by atoms with Gasteiger partial charge in [-0.25, -0.2) is 4.79 Å². The number of methoxy groups -OCH3 is 2. The smallest absolute Gasteiger partial charge is 0.422 e.